The Balaban J connectivity index is 1.94. The van der Waals surface area contributed by atoms with Gasteiger partial charge in [-0.15, -0.1) is 0 Å². The van der Waals surface area contributed by atoms with Crippen LogP contribution in [0.25, 0.3) is 0 Å². The van der Waals surface area contributed by atoms with Crippen molar-refractivity contribution in [1.82, 2.24) is 0 Å². The maximum Gasteiger partial charge on any atom is 0.124 e. The highest BCUT2D eigenvalue weighted by Gasteiger charge is 2.22. The third-order valence-corrected chi connectivity index (χ3v) is 2.99. The summed E-state index contributed by atoms with van der Waals surface area (Å²) in [5.74, 6) is 0.362. The van der Waals surface area contributed by atoms with E-state index in [9.17, 15) is 4.39 Å². The van der Waals surface area contributed by atoms with Crippen molar-refractivity contribution in [2.24, 2.45) is 5.73 Å². The molecule has 1 aromatic carbocycles. The molecule has 1 aliphatic heterocycles. The fourth-order valence-corrected chi connectivity index (χ4v) is 2.04. The molecule has 1 fully saturated rings. The van der Waals surface area contributed by atoms with Crippen LogP contribution in [0.3, 0.4) is 0 Å². The summed E-state index contributed by atoms with van der Waals surface area (Å²) in [5, 5.41) is 0. The van der Waals surface area contributed by atoms with E-state index in [1.807, 2.05) is 0 Å². The second-order valence-corrected chi connectivity index (χ2v) is 4.41. The molecule has 0 amide bonds. The van der Waals surface area contributed by atoms with Crippen LogP contribution >= 0.6 is 0 Å². The third-order valence-electron chi connectivity index (χ3n) is 2.99. The molecule has 3 nitrogen and oxygen atoms in total. The number of hydrogen-bond acceptors (Lipinski definition) is 3. The van der Waals surface area contributed by atoms with E-state index in [1.165, 1.54) is 12.1 Å². The zero-order valence-electron chi connectivity index (χ0n) is 9.99. The minimum atomic E-state index is -0.288. The normalized spacial score (nSPS) is 23.9. The molecule has 0 saturated carbocycles. The topological polar surface area (TPSA) is 44.5 Å². The van der Waals surface area contributed by atoms with Gasteiger partial charge in [-0.2, -0.15) is 0 Å². The highest BCUT2D eigenvalue weighted by Crippen LogP contribution is 2.23. The van der Waals surface area contributed by atoms with Crippen LogP contribution in [-0.4, -0.2) is 18.8 Å². The van der Waals surface area contributed by atoms with Crippen molar-refractivity contribution in [2.75, 3.05) is 6.61 Å². The number of nitrogens with two attached hydrogens (primary N) is 1. The van der Waals surface area contributed by atoms with E-state index >= 15 is 0 Å². The van der Waals surface area contributed by atoms with Crippen LogP contribution in [0.5, 0.6) is 5.75 Å². The van der Waals surface area contributed by atoms with Gasteiger partial charge in [-0.3, -0.25) is 0 Å². The van der Waals surface area contributed by atoms with Gasteiger partial charge in [-0.05, 0) is 38.0 Å². The fraction of sp³-hybridized carbons (Fsp3) is 0.538. The molecule has 1 aromatic rings. The Morgan fingerprint density at radius 2 is 2.29 bits per heavy atom. The molecule has 2 N–H and O–H groups in total. The van der Waals surface area contributed by atoms with Crippen molar-refractivity contribution < 1.29 is 13.9 Å². The van der Waals surface area contributed by atoms with Gasteiger partial charge in [0.05, 0.1) is 12.2 Å². The summed E-state index contributed by atoms with van der Waals surface area (Å²) >= 11 is 0. The molecule has 1 heterocycles. The van der Waals surface area contributed by atoms with E-state index in [0.29, 0.717) is 24.0 Å². The van der Waals surface area contributed by atoms with Crippen LogP contribution in [0.15, 0.2) is 18.2 Å². The monoisotopic (exact) mass is 239 g/mol. The van der Waals surface area contributed by atoms with Crippen LogP contribution in [0.4, 0.5) is 4.39 Å². The lowest BCUT2D eigenvalue weighted by atomic mass is 10.2. The molecule has 0 bridgehead atoms. The first kappa shape index (κ1) is 12.3. The van der Waals surface area contributed by atoms with Gasteiger partial charge in [0.1, 0.15) is 18.2 Å². The van der Waals surface area contributed by atoms with Crippen molar-refractivity contribution in [3.8, 4) is 5.75 Å². The van der Waals surface area contributed by atoms with Crippen LogP contribution in [0.1, 0.15) is 25.3 Å². The van der Waals surface area contributed by atoms with Gasteiger partial charge in [0, 0.05) is 12.1 Å². The Morgan fingerprint density at radius 1 is 1.47 bits per heavy atom. The molecule has 17 heavy (non-hydrogen) atoms. The lowest BCUT2D eigenvalue weighted by molar-refractivity contribution is 0.0262. The summed E-state index contributed by atoms with van der Waals surface area (Å²) in [6.45, 7) is 2.83. The largest absolute Gasteiger partial charge is 0.491 e. The van der Waals surface area contributed by atoms with E-state index in [0.717, 1.165) is 12.8 Å². The minimum Gasteiger partial charge on any atom is -0.491 e. The zero-order valence-corrected chi connectivity index (χ0v) is 9.99. The summed E-state index contributed by atoms with van der Waals surface area (Å²) in [5.41, 5.74) is 6.24. The molecule has 0 aromatic heterocycles. The fourth-order valence-electron chi connectivity index (χ4n) is 2.04. The quantitative estimate of drug-likeness (QED) is 0.876. The van der Waals surface area contributed by atoms with Crippen LogP contribution in [-0.2, 0) is 11.3 Å². The predicted octanol–water partition coefficient (Wildman–Crippen LogP) is 2.23. The Kier molecular flexibility index (Phi) is 3.97. The van der Waals surface area contributed by atoms with Gasteiger partial charge in [-0.25, -0.2) is 4.39 Å². The summed E-state index contributed by atoms with van der Waals surface area (Å²) in [6, 6.07) is 4.41. The lowest BCUT2D eigenvalue weighted by Gasteiger charge is -2.14. The number of rotatable bonds is 4. The summed E-state index contributed by atoms with van der Waals surface area (Å²) < 4.78 is 24.3. The Hall–Kier alpha value is -1.13. The maximum absolute atomic E-state index is 13.0. The number of hydrogen-bond donors (Lipinski definition) is 1. The van der Waals surface area contributed by atoms with Crippen LogP contribution in [0, 0.1) is 5.82 Å². The number of ether oxygens (including phenoxy) is 2. The standard InChI is InChI=1S/C13H18FNO2/c1-9-2-4-12(17-9)8-16-13-5-3-11(14)6-10(13)7-15/h3,5-6,9,12H,2,4,7-8,15H2,1H3. The van der Waals surface area contributed by atoms with Crippen molar-refractivity contribution in [3.63, 3.8) is 0 Å². The van der Waals surface area contributed by atoms with Gasteiger partial charge in [0.25, 0.3) is 0 Å². The molecular weight excluding hydrogens is 221 g/mol. The first-order valence-corrected chi connectivity index (χ1v) is 5.96. The average molecular weight is 239 g/mol. The molecule has 2 unspecified atom stereocenters. The van der Waals surface area contributed by atoms with Gasteiger partial charge in [-0.1, -0.05) is 0 Å². The van der Waals surface area contributed by atoms with Gasteiger partial charge in [0.15, 0.2) is 0 Å². The van der Waals surface area contributed by atoms with Crippen molar-refractivity contribution in [1.29, 1.82) is 0 Å². The second-order valence-electron chi connectivity index (χ2n) is 4.41. The van der Waals surface area contributed by atoms with E-state index < -0.39 is 0 Å². The van der Waals surface area contributed by atoms with Crippen molar-refractivity contribution >= 4 is 0 Å². The Labute approximate surface area is 101 Å². The predicted molar refractivity (Wildman–Crippen MR) is 63.4 cm³/mol. The molecule has 2 rings (SSSR count). The minimum absolute atomic E-state index is 0.140. The van der Waals surface area contributed by atoms with Gasteiger partial charge < -0.3 is 15.2 Å². The van der Waals surface area contributed by atoms with Gasteiger partial charge >= 0.3 is 0 Å². The van der Waals surface area contributed by atoms with E-state index in [1.54, 1.807) is 6.07 Å². The lowest BCUT2D eigenvalue weighted by Crippen LogP contribution is -2.18. The van der Waals surface area contributed by atoms with E-state index in [-0.39, 0.29) is 18.5 Å². The molecule has 1 aliphatic rings. The highest BCUT2D eigenvalue weighted by atomic mass is 19.1. The van der Waals surface area contributed by atoms with E-state index in [2.05, 4.69) is 6.92 Å². The Bertz CT molecular complexity index is 384. The van der Waals surface area contributed by atoms with Crippen LogP contribution < -0.4 is 10.5 Å². The third kappa shape index (κ3) is 3.17. The molecular formula is C13H18FNO2. The summed E-state index contributed by atoms with van der Waals surface area (Å²) in [6.07, 6.45) is 2.54. The smallest absolute Gasteiger partial charge is 0.124 e. The molecule has 4 heteroatoms. The first-order chi connectivity index (χ1) is 8.19. The van der Waals surface area contributed by atoms with Crippen molar-refractivity contribution in [3.05, 3.63) is 29.6 Å². The Morgan fingerprint density at radius 3 is 2.94 bits per heavy atom. The molecule has 0 spiro atoms. The molecule has 0 radical (unpaired) electrons. The van der Waals surface area contributed by atoms with Gasteiger partial charge in [0.2, 0.25) is 0 Å². The molecule has 2 atom stereocenters. The maximum atomic E-state index is 13.0. The average Bonchev–Trinajstić information content (AvgIpc) is 2.73. The molecule has 1 saturated heterocycles. The summed E-state index contributed by atoms with van der Waals surface area (Å²) in [4.78, 5) is 0. The highest BCUT2D eigenvalue weighted by molar-refractivity contribution is 5.33. The summed E-state index contributed by atoms with van der Waals surface area (Å²) in [7, 11) is 0. The molecule has 0 aliphatic carbocycles. The van der Waals surface area contributed by atoms with Crippen LogP contribution in [0.2, 0.25) is 0 Å². The van der Waals surface area contributed by atoms with E-state index in [4.69, 9.17) is 15.2 Å². The first-order valence-electron chi connectivity index (χ1n) is 5.96. The SMILES string of the molecule is CC1CCC(COc2ccc(F)cc2CN)O1. The molecule has 94 valence electrons. The second kappa shape index (κ2) is 5.47. The number of halogens is 1. The van der Waals surface area contributed by atoms with Crippen molar-refractivity contribution in [2.45, 2.75) is 38.5 Å². The zero-order chi connectivity index (χ0) is 12.3. The number of benzene rings is 1.